The molecule has 0 unspecified atom stereocenters. The van der Waals surface area contributed by atoms with E-state index in [0.717, 1.165) is 24.1 Å². The number of furan rings is 1. The number of aromatic carboxylic acids is 1. The van der Waals surface area contributed by atoms with Gasteiger partial charge in [0.05, 0.1) is 0 Å². The molecule has 1 heterocycles. The van der Waals surface area contributed by atoms with Crippen molar-refractivity contribution in [3.05, 3.63) is 58.8 Å². The summed E-state index contributed by atoms with van der Waals surface area (Å²) < 4.78 is 17.9. The maximum atomic E-state index is 12.7. The molecule has 0 aliphatic carbocycles. The molecule has 0 aliphatic heterocycles. The van der Waals surface area contributed by atoms with Crippen LogP contribution in [0, 0.1) is 12.7 Å². The summed E-state index contributed by atoms with van der Waals surface area (Å²) in [7, 11) is 0. The van der Waals surface area contributed by atoms with Gasteiger partial charge in [-0.1, -0.05) is 12.1 Å². The van der Waals surface area contributed by atoms with E-state index in [4.69, 9.17) is 9.52 Å². The third kappa shape index (κ3) is 3.68. The minimum atomic E-state index is -1.06. The molecule has 2 rings (SSSR count). The van der Waals surface area contributed by atoms with Crippen LogP contribution in [0.1, 0.15) is 27.4 Å². The number of carbonyl (C=O) groups is 1. The Morgan fingerprint density at radius 2 is 2.05 bits per heavy atom. The van der Waals surface area contributed by atoms with Crippen LogP contribution >= 0.6 is 0 Å². The molecule has 0 atom stereocenters. The summed E-state index contributed by atoms with van der Waals surface area (Å²) in [5.41, 5.74) is 1.88. The minimum Gasteiger partial charge on any atom is -0.475 e. The minimum absolute atomic E-state index is 0.0437. The van der Waals surface area contributed by atoms with Crippen molar-refractivity contribution < 1.29 is 18.7 Å². The molecule has 0 saturated heterocycles. The first kappa shape index (κ1) is 14.3. The number of carboxylic acid groups (broad SMARTS) is 1. The van der Waals surface area contributed by atoms with E-state index in [1.807, 2.05) is 0 Å². The third-order valence-corrected chi connectivity index (χ3v) is 3.05. The van der Waals surface area contributed by atoms with Crippen LogP contribution in [0.2, 0.25) is 0 Å². The topological polar surface area (TPSA) is 62.5 Å². The molecular formula is C15H16FNO3. The molecule has 0 bridgehead atoms. The summed E-state index contributed by atoms with van der Waals surface area (Å²) in [4.78, 5) is 10.8. The molecule has 2 N–H and O–H groups in total. The van der Waals surface area contributed by atoms with Crippen LogP contribution in [0.3, 0.4) is 0 Å². The number of rotatable bonds is 6. The second-order valence-electron chi connectivity index (χ2n) is 4.55. The Kier molecular flexibility index (Phi) is 4.53. The Labute approximate surface area is 116 Å². The zero-order valence-electron chi connectivity index (χ0n) is 11.1. The molecule has 1 aromatic heterocycles. The SMILES string of the molecule is Cc1oc(C(=O)O)cc1CNCCc1ccc(F)cc1. The number of hydrogen-bond donors (Lipinski definition) is 2. The van der Waals surface area contributed by atoms with Gasteiger partial charge in [0.1, 0.15) is 11.6 Å². The van der Waals surface area contributed by atoms with Gasteiger partial charge in [0.2, 0.25) is 5.76 Å². The molecule has 0 spiro atoms. The van der Waals surface area contributed by atoms with Crippen LogP contribution < -0.4 is 5.32 Å². The van der Waals surface area contributed by atoms with Gasteiger partial charge in [-0.3, -0.25) is 0 Å². The first-order valence-corrected chi connectivity index (χ1v) is 6.34. The lowest BCUT2D eigenvalue weighted by molar-refractivity contribution is 0.0661. The van der Waals surface area contributed by atoms with E-state index in [2.05, 4.69) is 5.32 Å². The average Bonchev–Trinajstić information content (AvgIpc) is 2.79. The molecule has 0 aliphatic rings. The average molecular weight is 277 g/mol. The van der Waals surface area contributed by atoms with Crippen LogP contribution in [0.25, 0.3) is 0 Å². The maximum absolute atomic E-state index is 12.7. The first-order chi connectivity index (χ1) is 9.56. The first-order valence-electron chi connectivity index (χ1n) is 6.34. The Morgan fingerprint density at radius 1 is 1.35 bits per heavy atom. The largest absolute Gasteiger partial charge is 0.475 e. The predicted molar refractivity (Wildman–Crippen MR) is 72.2 cm³/mol. The van der Waals surface area contributed by atoms with Crippen LogP contribution in [0.4, 0.5) is 4.39 Å². The number of hydrogen-bond acceptors (Lipinski definition) is 3. The highest BCUT2D eigenvalue weighted by Crippen LogP contribution is 2.14. The highest BCUT2D eigenvalue weighted by molar-refractivity contribution is 5.84. The van der Waals surface area contributed by atoms with Gasteiger partial charge in [0, 0.05) is 12.1 Å². The lowest BCUT2D eigenvalue weighted by Gasteiger charge is -2.04. The third-order valence-electron chi connectivity index (χ3n) is 3.05. The molecule has 0 saturated carbocycles. The molecule has 0 fully saturated rings. The molecule has 5 heteroatoms. The van der Waals surface area contributed by atoms with E-state index in [1.165, 1.54) is 18.2 Å². The number of carboxylic acids is 1. The van der Waals surface area contributed by atoms with Crippen molar-refractivity contribution in [1.29, 1.82) is 0 Å². The van der Waals surface area contributed by atoms with E-state index in [0.29, 0.717) is 12.3 Å². The zero-order valence-corrected chi connectivity index (χ0v) is 11.1. The van der Waals surface area contributed by atoms with Gasteiger partial charge in [-0.15, -0.1) is 0 Å². The highest BCUT2D eigenvalue weighted by atomic mass is 19.1. The fourth-order valence-corrected chi connectivity index (χ4v) is 1.91. The van der Waals surface area contributed by atoms with E-state index in [-0.39, 0.29) is 11.6 Å². The van der Waals surface area contributed by atoms with Crippen LogP contribution in [-0.4, -0.2) is 17.6 Å². The van der Waals surface area contributed by atoms with Crippen molar-refractivity contribution in [1.82, 2.24) is 5.32 Å². The normalized spacial score (nSPS) is 10.7. The standard InChI is InChI=1S/C15H16FNO3/c1-10-12(8-14(20-10)15(18)19)9-17-7-6-11-2-4-13(16)5-3-11/h2-5,8,17H,6-7,9H2,1H3,(H,18,19). The van der Waals surface area contributed by atoms with Gasteiger partial charge in [-0.25, -0.2) is 9.18 Å². The molecule has 2 aromatic rings. The quantitative estimate of drug-likeness (QED) is 0.797. The maximum Gasteiger partial charge on any atom is 0.371 e. The number of halogens is 1. The van der Waals surface area contributed by atoms with E-state index in [1.54, 1.807) is 19.1 Å². The summed E-state index contributed by atoms with van der Waals surface area (Å²) in [5.74, 6) is -0.739. The van der Waals surface area contributed by atoms with Gasteiger partial charge < -0.3 is 14.8 Å². The Hall–Kier alpha value is -2.14. The van der Waals surface area contributed by atoms with Crippen molar-refractivity contribution in [2.45, 2.75) is 19.9 Å². The molecule has 1 aromatic carbocycles. The van der Waals surface area contributed by atoms with Crippen LogP contribution in [0.5, 0.6) is 0 Å². The van der Waals surface area contributed by atoms with E-state index < -0.39 is 5.97 Å². The van der Waals surface area contributed by atoms with Crippen molar-refractivity contribution in [2.75, 3.05) is 6.54 Å². The lowest BCUT2D eigenvalue weighted by atomic mass is 10.1. The predicted octanol–water partition coefficient (Wildman–Crippen LogP) is 2.76. The van der Waals surface area contributed by atoms with Gasteiger partial charge in [0.25, 0.3) is 0 Å². The Morgan fingerprint density at radius 3 is 2.65 bits per heavy atom. The molecular weight excluding hydrogens is 261 g/mol. The Balaban J connectivity index is 1.81. The van der Waals surface area contributed by atoms with Crippen molar-refractivity contribution in [2.24, 2.45) is 0 Å². The summed E-state index contributed by atoms with van der Waals surface area (Å²) in [6.45, 7) is 3.01. The summed E-state index contributed by atoms with van der Waals surface area (Å²) in [6.07, 6.45) is 0.781. The monoisotopic (exact) mass is 277 g/mol. The van der Waals surface area contributed by atoms with E-state index >= 15 is 0 Å². The van der Waals surface area contributed by atoms with Gasteiger partial charge in [-0.05, 0) is 43.7 Å². The second-order valence-corrected chi connectivity index (χ2v) is 4.55. The number of benzene rings is 1. The zero-order chi connectivity index (χ0) is 14.5. The molecule has 4 nitrogen and oxygen atoms in total. The van der Waals surface area contributed by atoms with Crippen LogP contribution in [0.15, 0.2) is 34.7 Å². The van der Waals surface area contributed by atoms with Gasteiger partial charge in [0.15, 0.2) is 0 Å². The van der Waals surface area contributed by atoms with Crippen molar-refractivity contribution in [3.8, 4) is 0 Å². The smallest absolute Gasteiger partial charge is 0.371 e. The molecule has 106 valence electrons. The molecule has 0 radical (unpaired) electrons. The number of nitrogens with one attached hydrogen (secondary N) is 1. The molecule has 0 amide bonds. The van der Waals surface area contributed by atoms with Gasteiger partial charge >= 0.3 is 5.97 Å². The van der Waals surface area contributed by atoms with Crippen molar-refractivity contribution >= 4 is 5.97 Å². The summed E-state index contributed by atoms with van der Waals surface area (Å²) in [5, 5.41) is 12.0. The fraction of sp³-hybridized carbons (Fsp3) is 0.267. The van der Waals surface area contributed by atoms with Crippen molar-refractivity contribution in [3.63, 3.8) is 0 Å². The van der Waals surface area contributed by atoms with Gasteiger partial charge in [-0.2, -0.15) is 0 Å². The summed E-state index contributed by atoms with van der Waals surface area (Å²) >= 11 is 0. The van der Waals surface area contributed by atoms with E-state index in [9.17, 15) is 9.18 Å². The summed E-state index contributed by atoms with van der Waals surface area (Å²) in [6, 6.07) is 7.91. The Bertz CT molecular complexity index is 590. The lowest BCUT2D eigenvalue weighted by Crippen LogP contribution is -2.16. The number of aryl methyl sites for hydroxylation is 1. The fourth-order valence-electron chi connectivity index (χ4n) is 1.91. The molecule has 20 heavy (non-hydrogen) atoms. The second kappa shape index (κ2) is 6.34. The highest BCUT2D eigenvalue weighted by Gasteiger charge is 2.12. The van der Waals surface area contributed by atoms with Crippen LogP contribution in [-0.2, 0) is 13.0 Å².